The van der Waals surface area contributed by atoms with Gasteiger partial charge in [-0.1, -0.05) is 43.9 Å². The monoisotopic (exact) mass is 428 g/mol. The molecule has 0 aliphatic heterocycles. The molecule has 1 rings (SSSR count). The van der Waals surface area contributed by atoms with Crippen LogP contribution < -0.4 is 5.32 Å². The molecule has 1 aliphatic carbocycles. The Morgan fingerprint density at radius 3 is 2.28 bits per heavy atom. The second-order valence-corrected chi connectivity index (χ2v) is 9.49. The first-order valence-electron chi connectivity index (χ1n) is 10.8. The van der Waals surface area contributed by atoms with Crippen LogP contribution in [0, 0.1) is 5.92 Å². The molecule has 1 fully saturated rings. The van der Waals surface area contributed by atoms with Gasteiger partial charge in [0.05, 0.1) is 0 Å². The van der Waals surface area contributed by atoms with Crippen molar-refractivity contribution in [1.82, 2.24) is 20.0 Å². The van der Waals surface area contributed by atoms with E-state index in [9.17, 15) is 14.4 Å². The van der Waals surface area contributed by atoms with Crippen molar-refractivity contribution in [2.75, 3.05) is 59.6 Å². The molecule has 1 N–H and O–H groups in total. The van der Waals surface area contributed by atoms with Crippen molar-refractivity contribution in [2.24, 2.45) is 5.92 Å². The highest BCUT2D eigenvalue weighted by molar-refractivity contribution is 8.13. The number of nitrogens with zero attached hydrogens (tertiary/aromatic N) is 3. The maximum atomic E-state index is 12.6. The molecule has 7 nitrogen and oxygen atoms in total. The van der Waals surface area contributed by atoms with Crippen molar-refractivity contribution in [3.63, 3.8) is 0 Å². The number of carbonyl (C=O) groups excluding carboxylic acids is 3. The zero-order valence-electron chi connectivity index (χ0n) is 18.7. The summed E-state index contributed by atoms with van der Waals surface area (Å²) >= 11 is 1.25. The standard InChI is InChI=1S/C21H40N4O3S/c1-18(26)29-17-16-25(13-11-19-8-6-5-7-9-19)21(28)22-12-10-20(27)24(4)15-14-23(2)3/h19H,5-17H2,1-4H3,(H,22,28). The molecule has 3 amide bonds. The summed E-state index contributed by atoms with van der Waals surface area (Å²) in [6.45, 7) is 4.65. The van der Waals surface area contributed by atoms with E-state index in [0.717, 1.165) is 13.0 Å². The summed E-state index contributed by atoms with van der Waals surface area (Å²) in [7, 11) is 5.75. The summed E-state index contributed by atoms with van der Waals surface area (Å²) in [5.41, 5.74) is 0. The highest BCUT2D eigenvalue weighted by Gasteiger charge is 2.19. The SMILES string of the molecule is CC(=O)SCCN(CCC1CCCCC1)C(=O)NCCC(=O)N(C)CCN(C)C. The third-order valence-corrected chi connectivity index (χ3v) is 6.20. The van der Waals surface area contributed by atoms with E-state index < -0.39 is 0 Å². The Labute approximate surface area is 180 Å². The van der Waals surface area contributed by atoms with Gasteiger partial charge in [0.2, 0.25) is 5.91 Å². The third kappa shape index (κ3) is 12.1. The molecular formula is C21H40N4O3S. The van der Waals surface area contributed by atoms with Crippen LogP contribution in [0.15, 0.2) is 0 Å². The molecule has 0 aromatic rings. The first kappa shape index (κ1) is 25.8. The number of thioether (sulfide) groups is 1. The lowest BCUT2D eigenvalue weighted by atomic mass is 9.87. The minimum Gasteiger partial charge on any atom is -0.344 e. The van der Waals surface area contributed by atoms with Gasteiger partial charge < -0.3 is 20.0 Å². The Kier molecular flexibility index (Phi) is 13.0. The van der Waals surface area contributed by atoms with Crippen molar-refractivity contribution in [2.45, 2.75) is 51.9 Å². The second-order valence-electron chi connectivity index (χ2n) is 8.22. The lowest BCUT2D eigenvalue weighted by Gasteiger charge is -2.27. The van der Waals surface area contributed by atoms with Crippen molar-refractivity contribution in [1.29, 1.82) is 0 Å². The topological polar surface area (TPSA) is 73.0 Å². The Hall–Kier alpha value is -1.28. The fraction of sp³-hybridized carbons (Fsp3) is 0.857. The zero-order chi connectivity index (χ0) is 21.6. The van der Waals surface area contributed by atoms with E-state index in [-0.39, 0.29) is 17.1 Å². The largest absolute Gasteiger partial charge is 0.344 e. The van der Waals surface area contributed by atoms with E-state index in [1.165, 1.54) is 43.9 Å². The Morgan fingerprint density at radius 1 is 0.966 bits per heavy atom. The zero-order valence-corrected chi connectivity index (χ0v) is 19.6. The number of amides is 3. The van der Waals surface area contributed by atoms with Gasteiger partial charge in [0.15, 0.2) is 5.12 Å². The van der Waals surface area contributed by atoms with E-state index in [1.807, 2.05) is 23.9 Å². The Morgan fingerprint density at radius 2 is 1.66 bits per heavy atom. The molecule has 0 radical (unpaired) electrons. The summed E-state index contributed by atoms with van der Waals surface area (Å²) < 4.78 is 0. The van der Waals surface area contributed by atoms with Crippen molar-refractivity contribution in [3.05, 3.63) is 0 Å². The molecule has 0 spiro atoms. The molecule has 0 atom stereocenters. The molecular weight excluding hydrogens is 388 g/mol. The normalized spacial score (nSPS) is 14.7. The molecule has 29 heavy (non-hydrogen) atoms. The maximum Gasteiger partial charge on any atom is 0.317 e. The molecule has 0 unspecified atom stereocenters. The average Bonchev–Trinajstić information content (AvgIpc) is 2.68. The smallest absolute Gasteiger partial charge is 0.317 e. The van der Waals surface area contributed by atoms with Gasteiger partial charge in [-0.3, -0.25) is 9.59 Å². The summed E-state index contributed by atoms with van der Waals surface area (Å²) in [6.07, 6.45) is 7.74. The Bertz CT molecular complexity index is 510. The molecule has 0 heterocycles. The number of nitrogens with one attached hydrogen (secondary N) is 1. The van der Waals surface area contributed by atoms with Gasteiger partial charge >= 0.3 is 6.03 Å². The van der Waals surface area contributed by atoms with Crippen molar-refractivity contribution < 1.29 is 14.4 Å². The first-order valence-corrected chi connectivity index (χ1v) is 11.8. The van der Waals surface area contributed by atoms with Crippen LogP contribution in [0.3, 0.4) is 0 Å². The number of rotatable bonds is 12. The molecule has 168 valence electrons. The van der Waals surface area contributed by atoms with E-state index in [4.69, 9.17) is 0 Å². The van der Waals surface area contributed by atoms with E-state index >= 15 is 0 Å². The van der Waals surface area contributed by atoms with Crippen LogP contribution in [0.4, 0.5) is 4.79 Å². The van der Waals surface area contributed by atoms with Gasteiger partial charge in [-0.05, 0) is 26.4 Å². The number of likely N-dealkylation sites (N-methyl/N-ethyl adjacent to an activating group) is 2. The van der Waals surface area contributed by atoms with Gasteiger partial charge in [0.25, 0.3) is 0 Å². The van der Waals surface area contributed by atoms with Crippen LogP contribution in [0.25, 0.3) is 0 Å². The highest BCUT2D eigenvalue weighted by atomic mass is 32.2. The molecule has 1 saturated carbocycles. The van der Waals surface area contributed by atoms with Gasteiger partial charge in [0, 0.05) is 58.9 Å². The summed E-state index contributed by atoms with van der Waals surface area (Å²) in [4.78, 5) is 41.6. The van der Waals surface area contributed by atoms with Crippen LogP contribution >= 0.6 is 11.8 Å². The van der Waals surface area contributed by atoms with Crippen LogP contribution in [0.2, 0.25) is 0 Å². The predicted molar refractivity (Wildman–Crippen MR) is 120 cm³/mol. The first-order chi connectivity index (χ1) is 13.8. The molecule has 0 saturated heterocycles. The summed E-state index contributed by atoms with van der Waals surface area (Å²) in [6, 6.07) is -0.131. The minimum atomic E-state index is -0.131. The molecule has 0 aromatic heterocycles. The molecule has 1 aliphatic rings. The summed E-state index contributed by atoms with van der Waals surface area (Å²) in [5, 5.41) is 2.97. The number of hydrogen-bond acceptors (Lipinski definition) is 5. The molecule has 0 aromatic carbocycles. The van der Waals surface area contributed by atoms with E-state index in [1.54, 1.807) is 18.9 Å². The third-order valence-electron chi connectivity index (χ3n) is 5.41. The van der Waals surface area contributed by atoms with E-state index in [0.29, 0.717) is 44.3 Å². The lowest BCUT2D eigenvalue weighted by Crippen LogP contribution is -2.43. The van der Waals surface area contributed by atoms with Crippen LogP contribution in [0.1, 0.15) is 51.9 Å². The minimum absolute atomic E-state index is 0.0352. The lowest BCUT2D eigenvalue weighted by molar-refractivity contribution is -0.129. The highest BCUT2D eigenvalue weighted by Crippen LogP contribution is 2.26. The summed E-state index contributed by atoms with van der Waals surface area (Å²) in [5.74, 6) is 1.35. The van der Waals surface area contributed by atoms with E-state index in [2.05, 4.69) is 5.32 Å². The number of hydrogen-bond donors (Lipinski definition) is 1. The number of urea groups is 1. The fourth-order valence-corrected chi connectivity index (χ4v) is 4.08. The van der Waals surface area contributed by atoms with Crippen LogP contribution in [-0.4, -0.2) is 91.4 Å². The Balaban J connectivity index is 2.41. The molecule has 8 heteroatoms. The average molecular weight is 429 g/mol. The fourth-order valence-electron chi connectivity index (χ4n) is 3.48. The van der Waals surface area contributed by atoms with Gasteiger partial charge in [-0.25, -0.2) is 4.79 Å². The predicted octanol–water partition coefficient (Wildman–Crippen LogP) is 2.66. The quantitative estimate of drug-likeness (QED) is 0.517. The van der Waals surface area contributed by atoms with Gasteiger partial charge in [-0.15, -0.1) is 0 Å². The van der Waals surface area contributed by atoms with Crippen LogP contribution in [-0.2, 0) is 9.59 Å². The maximum absolute atomic E-state index is 12.6. The molecule has 0 bridgehead atoms. The van der Waals surface area contributed by atoms with Crippen molar-refractivity contribution >= 4 is 28.8 Å². The van der Waals surface area contributed by atoms with Crippen LogP contribution in [0.5, 0.6) is 0 Å². The van der Waals surface area contributed by atoms with Gasteiger partial charge in [0.1, 0.15) is 0 Å². The second kappa shape index (κ2) is 14.7. The van der Waals surface area contributed by atoms with Crippen molar-refractivity contribution in [3.8, 4) is 0 Å². The number of carbonyl (C=O) groups is 3. The van der Waals surface area contributed by atoms with Gasteiger partial charge in [-0.2, -0.15) is 0 Å².